The average molecular weight is 322 g/mol. The van der Waals surface area contributed by atoms with Gasteiger partial charge in [0, 0.05) is 23.7 Å². The van der Waals surface area contributed by atoms with Crippen LogP contribution in [0.1, 0.15) is 6.42 Å². The van der Waals surface area contributed by atoms with Crippen molar-refractivity contribution in [3.05, 3.63) is 59.4 Å². The fourth-order valence-corrected chi connectivity index (χ4v) is 1.83. The molecule has 0 aliphatic rings. The first kappa shape index (κ1) is 16.1. The minimum absolute atomic E-state index is 0.280. The number of nitrogens with two attached hydrogens (primary N) is 1. The molecule has 3 N–H and O–H groups in total. The van der Waals surface area contributed by atoms with E-state index in [2.05, 4.69) is 10.3 Å². The Hall–Kier alpha value is -2.27. The molecule has 0 atom stereocenters. The number of anilines is 1. The lowest BCUT2D eigenvalue weighted by atomic mass is 10.3. The molecule has 2 rings (SSSR count). The molecule has 6 heteroatoms. The quantitative estimate of drug-likeness (QED) is 0.485. The molecule has 0 spiro atoms. The van der Waals surface area contributed by atoms with Crippen LogP contribution in [0, 0.1) is 5.82 Å². The van der Waals surface area contributed by atoms with E-state index in [1.807, 2.05) is 12.1 Å². The lowest BCUT2D eigenvalue weighted by Gasteiger charge is -2.06. The number of guanidine groups is 1. The van der Waals surface area contributed by atoms with Crippen LogP contribution in [0.2, 0.25) is 5.02 Å². The van der Waals surface area contributed by atoms with E-state index < -0.39 is 0 Å². The first-order valence-electron chi connectivity index (χ1n) is 6.84. The molecule has 0 unspecified atom stereocenters. The summed E-state index contributed by atoms with van der Waals surface area (Å²) in [6.07, 6.45) is 0.709. The molecule has 0 bridgehead atoms. The largest absolute Gasteiger partial charge is 0.494 e. The number of ether oxygens (including phenoxy) is 1. The molecule has 0 fully saturated rings. The Kier molecular flexibility index (Phi) is 6.03. The molecule has 0 saturated carbocycles. The first-order chi connectivity index (χ1) is 10.6. The van der Waals surface area contributed by atoms with Gasteiger partial charge in [0.1, 0.15) is 11.6 Å². The second-order valence-corrected chi connectivity index (χ2v) is 4.99. The highest BCUT2D eigenvalue weighted by Gasteiger charge is 1.96. The number of nitrogens with one attached hydrogen (secondary N) is 1. The fourth-order valence-electron chi connectivity index (χ4n) is 1.71. The highest BCUT2D eigenvalue weighted by molar-refractivity contribution is 6.30. The number of nitrogens with zero attached hydrogens (tertiary/aromatic N) is 1. The molecule has 22 heavy (non-hydrogen) atoms. The van der Waals surface area contributed by atoms with E-state index in [9.17, 15) is 4.39 Å². The highest BCUT2D eigenvalue weighted by Crippen LogP contribution is 2.13. The summed E-state index contributed by atoms with van der Waals surface area (Å²) >= 11 is 5.80. The van der Waals surface area contributed by atoms with Crippen LogP contribution >= 0.6 is 11.6 Å². The van der Waals surface area contributed by atoms with Crippen LogP contribution in [-0.2, 0) is 0 Å². The van der Waals surface area contributed by atoms with Crippen molar-refractivity contribution in [1.29, 1.82) is 0 Å². The van der Waals surface area contributed by atoms with Crippen molar-refractivity contribution >= 4 is 23.2 Å². The van der Waals surface area contributed by atoms with Crippen LogP contribution in [0.3, 0.4) is 0 Å². The number of halogens is 2. The van der Waals surface area contributed by atoms with Gasteiger partial charge in [0.2, 0.25) is 0 Å². The molecular formula is C16H17ClFN3O. The Balaban J connectivity index is 1.68. The minimum atomic E-state index is -0.280. The van der Waals surface area contributed by atoms with Crippen molar-refractivity contribution in [3.63, 3.8) is 0 Å². The zero-order chi connectivity index (χ0) is 15.8. The Labute approximate surface area is 133 Å². The van der Waals surface area contributed by atoms with E-state index in [-0.39, 0.29) is 5.82 Å². The molecular weight excluding hydrogens is 305 g/mol. The maximum atomic E-state index is 12.7. The number of rotatable bonds is 6. The predicted molar refractivity (Wildman–Crippen MR) is 88.1 cm³/mol. The lowest BCUT2D eigenvalue weighted by molar-refractivity contribution is 0.313. The molecule has 0 aromatic heterocycles. The molecule has 116 valence electrons. The Morgan fingerprint density at radius 2 is 1.82 bits per heavy atom. The maximum absolute atomic E-state index is 12.7. The number of hydrogen-bond acceptors (Lipinski definition) is 2. The normalized spacial score (nSPS) is 11.3. The van der Waals surface area contributed by atoms with Gasteiger partial charge < -0.3 is 15.8 Å². The van der Waals surface area contributed by atoms with Gasteiger partial charge in [0.05, 0.1) is 6.61 Å². The van der Waals surface area contributed by atoms with Crippen molar-refractivity contribution in [1.82, 2.24) is 0 Å². The molecule has 0 saturated heterocycles. The van der Waals surface area contributed by atoms with Gasteiger partial charge >= 0.3 is 0 Å². The van der Waals surface area contributed by atoms with Crippen molar-refractivity contribution in [2.45, 2.75) is 6.42 Å². The molecule has 2 aromatic carbocycles. The zero-order valence-corrected chi connectivity index (χ0v) is 12.7. The van der Waals surface area contributed by atoms with Crippen LogP contribution in [0.25, 0.3) is 0 Å². The van der Waals surface area contributed by atoms with E-state index in [0.717, 1.165) is 5.69 Å². The number of hydrogen-bond donors (Lipinski definition) is 2. The zero-order valence-electron chi connectivity index (χ0n) is 11.9. The van der Waals surface area contributed by atoms with Crippen LogP contribution in [0.5, 0.6) is 5.75 Å². The van der Waals surface area contributed by atoms with Crippen molar-refractivity contribution in [2.24, 2.45) is 10.7 Å². The maximum Gasteiger partial charge on any atom is 0.193 e. The third kappa shape index (κ3) is 5.61. The fraction of sp³-hybridized carbons (Fsp3) is 0.188. The van der Waals surface area contributed by atoms with Gasteiger partial charge in [0.25, 0.3) is 0 Å². The summed E-state index contributed by atoms with van der Waals surface area (Å²) in [6.45, 7) is 1.02. The summed E-state index contributed by atoms with van der Waals surface area (Å²) in [7, 11) is 0. The number of benzene rings is 2. The summed E-state index contributed by atoms with van der Waals surface area (Å²) < 4.78 is 18.2. The smallest absolute Gasteiger partial charge is 0.193 e. The van der Waals surface area contributed by atoms with Crippen LogP contribution in [-0.4, -0.2) is 19.1 Å². The molecule has 4 nitrogen and oxygen atoms in total. The lowest BCUT2D eigenvalue weighted by Crippen LogP contribution is -2.23. The third-order valence-corrected chi connectivity index (χ3v) is 3.04. The highest BCUT2D eigenvalue weighted by atomic mass is 35.5. The second kappa shape index (κ2) is 8.24. The average Bonchev–Trinajstić information content (AvgIpc) is 2.51. The summed E-state index contributed by atoms with van der Waals surface area (Å²) in [4.78, 5) is 4.20. The van der Waals surface area contributed by atoms with Crippen LogP contribution < -0.4 is 15.8 Å². The van der Waals surface area contributed by atoms with Gasteiger partial charge in [-0.2, -0.15) is 0 Å². The Morgan fingerprint density at radius 1 is 1.14 bits per heavy atom. The van der Waals surface area contributed by atoms with E-state index >= 15 is 0 Å². The van der Waals surface area contributed by atoms with Gasteiger partial charge in [-0.25, -0.2) is 4.39 Å². The molecule has 2 aromatic rings. The summed E-state index contributed by atoms with van der Waals surface area (Å²) in [5, 5.41) is 3.64. The standard InChI is InChI=1S/C16H17ClFN3O/c17-12-2-6-14(7-3-12)21-16(19)20-10-1-11-22-15-8-4-13(18)5-9-15/h2-9H,1,10-11H2,(H3,19,20,21). The molecule has 0 aliphatic carbocycles. The summed E-state index contributed by atoms with van der Waals surface area (Å²) in [6, 6.07) is 13.1. The summed E-state index contributed by atoms with van der Waals surface area (Å²) in [5.74, 6) is 0.694. The predicted octanol–water partition coefficient (Wildman–Crippen LogP) is 3.67. The molecule has 0 aliphatic heterocycles. The van der Waals surface area contributed by atoms with Crippen LogP contribution in [0.15, 0.2) is 53.5 Å². The van der Waals surface area contributed by atoms with Gasteiger partial charge in [-0.05, 0) is 48.5 Å². The Bertz CT molecular complexity index is 614. The Morgan fingerprint density at radius 3 is 2.50 bits per heavy atom. The van der Waals surface area contributed by atoms with Gasteiger partial charge in [0.15, 0.2) is 5.96 Å². The van der Waals surface area contributed by atoms with Gasteiger partial charge in [-0.3, -0.25) is 4.99 Å². The third-order valence-electron chi connectivity index (χ3n) is 2.78. The minimum Gasteiger partial charge on any atom is -0.494 e. The monoisotopic (exact) mass is 321 g/mol. The second-order valence-electron chi connectivity index (χ2n) is 4.55. The van der Waals surface area contributed by atoms with Crippen molar-refractivity contribution < 1.29 is 9.13 Å². The van der Waals surface area contributed by atoms with E-state index in [0.29, 0.717) is 36.3 Å². The molecule has 0 heterocycles. The summed E-state index contributed by atoms with van der Waals surface area (Å²) in [5.41, 5.74) is 6.60. The molecule has 0 radical (unpaired) electrons. The van der Waals surface area contributed by atoms with Gasteiger partial charge in [-0.1, -0.05) is 11.6 Å². The van der Waals surface area contributed by atoms with E-state index in [4.69, 9.17) is 22.1 Å². The SMILES string of the molecule is NC(=NCCCOc1ccc(F)cc1)Nc1ccc(Cl)cc1. The van der Waals surface area contributed by atoms with Crippen molar-refractivity contribution in [2.75, 3.05) is 18.5 Å². The number of aliphatic imine (C=N–C) groups is 1. The molecule has 0 amide bonds. The first-order valence-corrected chi connectivity index (χ1v) is 7.22. The van der Waals surface area contributed by atoms with E-state index in [1.54, 1.807) is 24.3 Å². The van der Waals surface area contributed by atoms with Crippen molar-refractivity contribution in [3.8, 4) is 5.75 Å². The van der Waals surface area contributed by atoms with E-state index in [1.165, 1.54) is 12.1 Å². The topological polar surface area (TPSA) is 59.6 Å². The van der Waals surface area contributed by atoms with Gasteiger partial charge in [-0.15, -0.1) is 0 Å². The van der Waals surface area contributed by atoms with Crippen LogP contribution in [0.4, 0.5) is 10.1 Å².